The SMILES string of the molecule is COc1ccc(NC(=O)C2(C(=O)N3CCN(Cc4ccccc4)CC3)CC2)cc1. The molecule has 6 heteroatoms. The highest BCUT2D eigenvalue weighted by atomic mass is 16.5. The Labute approximate surface area is 171 Å². The lowest BCUT2D eigenvalue weighted by molar-refractivity contribution is -0.143. The van der Waals surface area contributed by atoms with E-state index in [-0.39, 0.29) is 11.8 Å². The zero-order valence-electron chi connectivity index (χ0n) is 16.8. The molecule has 2 fully saturated rings. The molecular formula is C23H27N3O3. The number of amides is 2. The van der Waals surface area contributed by atoms with Crippen molar-refractivity contribution in [3.63, 3.8) is 0 Å². The van der Waals surface area contributed by atoms with E-state index < -0.39 is 5.41 Å². The molecular weight excluding hydrogens is 366 g/mol. The number of carbonyl (C=O) groups is 2. The van der Waals surface area contributed by atoms with E-state index in [2.05, 4.69) is 22.3 Å². The van der Waals surface area contributed by atoms with E-state index in [1.54, 1.807) is 31.4 Å². The summed E-state index contributed by atoms with van der Waals surface area (Å²) < 4.78 is 5.14. The molecule has 0 atom stereocenters. The van der Waals surface area contributed by atoms with Gasteiger partial charge in [0.1, 0.15) is 11.2 Å². The summed E-state index contributed by atoms with van der Waals surface area (Å²) in [7, 11) is 1.60. The van der Waals surface area contributed by atoms with Gasteiger partial charge in [0.2, 0.25) is 11.8 Å². The number of nitrogens with one attached hydrogen (secondary N) is 1. The lowest BCUT2D eigenvalue weighted by Crippen LogP contribution is -2.52. The van der Waals surface area contributed by atoms with Crippen LogP contribution in [0.15, 0.2) is 54.6 Å². The van der Waals surface area contributed by atoms with Crippen LogP contribution >= 0.6 is 0 Å². The number of hydrogen-bond donors (Lipinski definition) is 1. The van der Waals surface area contributed by atoms with Gasteiger partial charge >= 0.3 is 0 Å². The van der Waals surface area contributed by atoms with Crippen molar-refractivity contribution >= 4 is 17.5 Å². The van der Waals surface area contributed by atoms with Crippen molar-refractivity contribution < 1.29 is 14.3 Å². The minimum absolute atomic E-state index is 0.0251. The van der Waals surface area contributed by atoms with Gasteiger partial charge in [0.05, 0.1) is 7.11 Å². The third-order valence-corrected chi connectivity index (χ3v) is 5.85. The average Bonchev–Trinajstić information content (AvgIpc) is 3.57. The fourth-order valence-electron chi connectivity index (χ4n) is 3.84. The minimum atomic E-state index is -0.887. The van der Waals surface area contributed by atoms with Gasteiger partial charge in [-0.25, -0.2) is 0 Å². The maximum absolute atomic E-state index is 13.1. The zero-order chi connectivity index (χ0) is 20.3. The number of nitrogens with zero attached hydrogens (tertiary/aromatic N) is 2. The van der Waals surface area contributed by atoms with E-state index in [4.69, 9.17) is 4.74 Å². The van der Waals surface area contributed by atoms with E-state index in [1.165, 1.54) is 5.56 Å². The summed E-state index contributed by atoms with van der Waals surface area (Å²) in [6.07, 6.45) is 1.25. The molecule has 2 aromatic rings. The quantitative estimate of drug-likeness (QED) is 0.767. The Balaban J connectivity index is 1.32. The first kappa shape index (κ1) is 19.5. The Morgan fingerprint density at radius 2 is 1.62 bits per heavy atom. The van der Waals surface area contributed by atoms with Gasteiger partial charge in [-0.2, -0.15) is 0 Å². The predicted octanol–water partition coefficient (Wildman–Crippen LogP) is 2.76. The van der Waals surface area contributed by atoms with Crippen LogP contribution in [0.25, 0.3) is 0 Å². The van der Waals surface area contributed by atoms with Crippen LogP contribution in [0.5, 0.6) is 5.75 Å². The molecule has 152 valence electrons. The van der Waals surface area contributed by atoms with E-state index in [0.29, 0.717) is 31.6 Å². The number of carbonyl (C=O) groups excluding carboxylic acids is 2. The lowest BCUT2D eigenvalue weighted by Gasteiger charge is -2.36. The highest BCUT2D eigenvalue weighted by Gasteiger charge is 2.58. The summed E-state index contributed by atoms with van der Waals surface area (Å²) in [4.78, 5) is 30.2. The van der Waals surface area contributed by atoms with Crippen molar-refractivity contribution in [3.8, 4) is 5.75 Å². The van der Waals surface area contributed by atoms with Gasteiger partial charge in [0.15, 0.2) is 0 Å². The molecule has 0 spiro atoms. The second kappa shape index (κ2) is 8.25. The molecule has 29 heavy (non-hydrogen) atoms. The van der Waals surface area contributed by atoms with Gasteiger partial charge in [-0.15, -0.1) is 0 Å². The Kier molecular flexibility index (Phi) is 5.53. The number of methoxy groups -OCH3 is 1. The van der Waals surface area contributed by atoms with Crippen LogP contribution in [-0.2, 0) is 16.1 Å². The van der Waals surface area contributed by atoms with Crippen molar-refractivity contribution in [2.75, 3.05) is 38.6 Å². The van der Waals surface area contributed by atoms with Crippen LogP contribution in [0.2, 0.25) is 0 Å². The van der Waals surface area contributed by atoms with Crippen LogP contribution in [0, 0.1) is 5.41 Å². The minimum Gasteiger partial charge on any atom is -0.497 e. The van der Waals surface area contributed by atoms with Crippen molar-refractivity contribution in [2.45, 2.75) is 19.4 Å². The number of piperazine rings is 1. The van der Waals surface area contributed by atoms with Crippen molar-refractivity contribution in [3.05, 3.63) is 60.2 Å². The van der Waals surface area contributed by atoms with E-state index in [0.717, 1.165) is 25.4 Å². The van der Waals surface area contributed by atoms with Gasteiger partial charge in [-0.1, -0.05) is 30.3 Å². The summed E-state index contributed by atoms with van der Waals surface area (Å²) >= 11 is 0. The Morgan fingerprint density at radius 1 is 0.966 bits per heavy atom. The molecule has 1 heterocycles. The van der Waals surface area contributed by atoms with Gasteiger partial charge in [0, 0.05) is 38.4 Å². The molecule has 1 saturated carbocycles. The highest BCUT2D eigenvalue weighted by Crippen LogP contribution is 2.48. The fourth-order valence-corrected chi connectivity index (χ4v) is 3.84. The van der Waals surface area contributed by atoms with E-state index in [9.17, 15) is 9.59 Å². The maximum Gasteiger partial charge on any atom is 0.240 e. The monoisotopic (exact) mass is 393 g/mol. The van der Waals surface area contributed by atoms with Gasteiger partial charge in [-0.05, 0) is 42.7 Å². The second-order valence-electron chi connectivity index (χ2n) is 7.82. The number of ether oxygens (including phenoxy) is 1. The van der Waals surface area contributed by atoms with Crippen molar-refractivity contribution in [1.29, 1.82) is 0 Å². The largest absolute Gasteiger partial charge is 0.497 e. The topological polar surface area (TPSA) is 61.9 Å². The molecule has 1 saturated heterocycles. The van der Waals surface area contributed by atoms with Crippen LogP contribution in [0.3, 0.4) is 0 Å². The summed E-state index contributed by atoms with van der Waals surface area (Å²) in [5.74, 6) is 0.510. The molecule has 2 aliphatic rings. The highest BCUT2D eigenvalue weighted by molar-refractivity contribution is 6.13. The predicted molar refractivity (Wildman–Crippen MR) is 112 cm³/mol. The smallest absolute Gasteiger partial charge is 0.240 e. The van der Waals surface area contributed by atoms with Crippen LogP contribution in [0.4, 0.5) is 5.69 Å². The lowest BCUT2D eigenvalue weighted by atomic mass is 10.0. The van der Waals surface area contributed by atoms with Gasteiger partial charge in [0.25, 0.3) is 0 Å². The third-order valence-electron chi connectivity index (χ3n) is 5.85. The standard InChI is InChI=1S/C23H27N3O3/c1-29-20-9-7-19(8-10-20)24-21(27)23(11-12-23)22(28)26-15-13-25(14-16-26)17-18-5-3-2-4-6-18/h2-10H,11-17H2,1H3,(H,24,27). The molecule has 0 aromatic heterocycles. The molecule has 6 nitrogen and oxygen atoms in total. The van der Waals surface area contributed by atoms with Gasteiger partial charge in [-0.3, -0.25) is 14.5 Å². The average molecular weight is 393 g/mol. The second-order valence-corrected chi connectivity index (χ2v) is 7.82. The summed E-state index contributed by atoms with van der Waals surface area (Å²) in [6.45, 7) is 3.89. The molecule has 1 aliphatic heterocycles. The Morgan fingerprint density at radius 3 is 2.21 bits per heavy atom. The normalized spacial score (nSPS) is 18.2. The molecule has 0 unspecified atom stereocenters. The molecule has 2 aromatic carbocycles. The van der Waals surface area contributed by atoms with Crippen LogP contribution in [-0.4, -0.2) is 54.9 Å². The Hall–Kier alpha value is -2.86. The summed E-state index contributed by atoms with van der Waals surface area (Å²) in [5.41, 5.74) is 1.08. The van der Waals surface area contributed by atoms with Crippen LogP contribution < -0.4 is 10.1 Å². The molecule has 1 aliphatic carbocycles. The number of hydrogen-bond acceptors (Lipinski definition) is 4. The molecule has 2 amide bonds. The first-order valence-corrected chi connectivity index (χ1v) is 10.1. The van der Waals surface area contributed by atoms with E-state index >= 15 is 0 Å². The molecule has 1 N–H and O–H groups in total. The third kappa shape index (κ3) is 4.27. The van der Waals surface area contributed by atoms with Crippen LogP contribution in [0.1, 0.15) is 18.4 Å². The van der Waals surface area contributed by atoms with Gasteiger partial charge < -0.3 is 15.0 Å². The molecule has 4 rings (SSSR count). The maximum atomic E-state index is 13.1. The van der Waals surface area contributed by atoms with Crippen molar-refractivity contribution in [1.82, 2.24) is 9.80 Å². The van der Waals surface area contributed by atoms with E-state index in [1.807, 2.05) is 23.1 Å². The Bertz CT molecular complexity index is 855. The fraction of sp³-hybridized carbons (Fsp3) is 0.391. The molecule has 0 bridgehead atoms. The molecule has 0 radical (unpaired) electrons. The summed E-state index contributed by atoms with van der Waals surface area (Å²) in [5, 5.41) is 2.91. The van der Waals surface area contributed by atoms with Crippen molar-refractivity contribution in [2.24, 2.45) is 5.41 Å². The first-order chi connectivity index (χ1) is 14.1. The zero-order valence-corrected chi connectivity index (χ0v) is 16.8. The number of benzene rings is 2. The number of anilines is 1. The first-order valence-electron chi connectivity index (χ1n) is 10.1. The summed E-state index contributed by atoms with van der Waals surface area (Å²) in [6, 6.07) is 17.5. The number of rotatable bonds is 6.